The third kappa shape index (κ3) is 5.51. The van der Waals surface area contributed by atoms with Crippen LogP contribution in [0.5, 0.6) is 0 Å². The average molecular weight is 278 g/mol. The molecule has 0 radical (unpaired) electrons. The van der Waals surface area contributed by atoms with Gasteiger partial charge in [0, 0.05) is 24.5 Å². The van der Waals surface area contributed by atoms with Crippen LogP contribution in [0.2, 0.25) is 0 Å². The minimum atomic E-state index is -0.754. The predicted molar refractivity (Wildman–Crippen MR) is 84.2 cm³/mol. The van der Waals surface area contributed by atoms with E-state index in [1.165, 1.54) is 19.3 Å². The zero-order chi connectivity index (χ0) is 15.0. The molecule has 0 aromatic heterocycles. The number of carbonyl (C=O) groups is 1. The molecule has 1 rings (SSSR count). The first-order valence-electron chi connectivity index (χ1n) is 7.37. The molecule has 1 aromatic rings. The maximum absolute atomic E-state index is 10.8. The summed E-state index contributed by atoms with van der Waals surface area (Å²) in [6.07, 6.45) is 4.88. The lowest BCUT2D eigenvalue weighted by Crippen LogP contribution is -2.27. The third-order valence-corrected chi connectivity index (χ3v) is 3.50. The first-order valence-corrected chi connectivity index (χ1v) is 7.37. The van der Waals surface area contributed by atoms with E-state index in [1.54, 1.807) is 0 Å². The van der Waals surface area contributed by atoms with Gasteiger partial charge in [-0.15, -0.1) is 0 Å². The van der Waals surface area contributed by atoms with Crippen LogP contribution in [-0.4, -0.2) is 24.2 Å². The zero-order valence-electron chi connectivity index (χ0n) is 12.6. The molecule has 0 heterocycles. The molecule has 0 aliphatic carbocycles. The van der Waals surface area contributed by atoms with Gasteiger partial charge in [-0.2, -0.15) is 0 Å². The molecule has 3 N–H and O–H groups in total. The highest BCUT2D eigenvalue weighted by Gasteiger charge is 2.09. The van der Waals surface area contributed by atoms with Gasteiger partial charge in [-0.25, -0.2) is 0 Å². The molecule has 112 valence electrons. The van der Waals surface area contributed by atoms with E-state index in [4.69, 9.17) is 10.8 Å². The number of nitrogens with two attached hydrogens (primary N) is 1. The summed E-state index contributed by atoms with van der Waals surface area (Å²) in [5.41, 5.74) is 8.72. The van der Waals surface area contributed by atoms with Gasteiger partial charge in [-0.3, -0.25) is 4.79 Å². The third-order valence-electron chi connectivity index (χ3n) is 3.50. The normalized spacial score (nSPS) is 10.5. The maximum atomic E-state index is 10.8. The molecule has 0 atom stereocenters. The summed E-state index contributed by atoms with van der Waals surface area (Å²) < 4.78 is 0. The van der Waals surface area contributed by atoms with Crippen LogP contribution in [0.4, 0.5) is 11.4 Å². The second-order valence-corrected chi connectivity index (χ2v) is 5.23. The Hall–Kier alpha value is -1.71. The van der Waals surface area contributed by atoms with E-state index in [1.807, 2.05) is 25.1 Å². The Balaban J connectivity index is 2.68. The number of aryl methyl sites for hydroxylation is 1. The molecule has 0 amide bonds. The number of nitrogens with zero attached hydrogens (tertiary/aromatic N) is 1. The van der Waals surface area contributed by atoms with Crippen LogP contribution in [0.25, 0.3) is 0 Å². The van der Waals surface area contributed by atoms with Crippen molar-refractivity contribution in [2.24, 2.45) is 0 Å². The summed E-state index contributed by atoms with van der Waals surface area (Å²) in [7, 11) is 0. The number of rotatable bonds is 9. The van der Waals surface area contributed by atoms with E-state index < -0.39 is 5.97 Å². The molecule has 0 aliphatic rings. The average Bonchev–Trinajstić information content (AvgIpc) is 2.41. The van der Waals surface area contributed by atoms with Crippen LogP contribution >= 0.6 is 0 Å². The summed E-state index contributed by atoms with van der Waals surface area (Å²) >= 11 is 0. The Bertz CT molecular complexity index is 432. The van der Waals surface area contributed by atoms with Crippen LogP contribution in [-0.2, 0) is 4.79 Å². The molecular weight excluding hydrogens is 252 g/mol. The number of carboxylic acid groups (broad SMARTS) is 1. The Morgan fingerprint density at radius 2 is 2.00 bits per heavy atom. The topological polar surface area (TPSA) is 66.6 Å². The van der Waals surface area contributed by atoms with Gasteiger partial charge >= 0.3 is 5.97 Å². The number of benzene rings is 1. The van der Waals surface area contributed by atoms with Gasteiger partial charge in [-0.05, 0) is 37.1 Å². The summed E-state index contributed by atoms with van der Waals surface area (Å²) in [4.78, 5) is 12.9. The molecule has 0 bridgehead atoms. The zero-order valence-corrected chi connectivity index (χ0v) is 12.6. The van der Waals surface area contributed by atoms with Gasteiger partial charge in [0.15, 0.2) is 0 Å². The first kappa shape index (κ1) is 16.3. The minimum absolute atomic E-state index is 0.164. The first-order chi connectivity index (χ1) is 9.54. The van der Waals surface area contributed by atoms with Crippen LogP contribution in [0.1, 0.15) is 44.6 Å². The van der Waals surface area contributed by atoms with Crippen molar-refractivity contribution in [1.29, 1.82) is 0 Å². The molecule has 20 heavy (non-hydrogen) atoms. The fourth-order valence-corrected chi connectivity index (χ4v) is 2.19. The molecule has 4 nitrogen and oxygen atoms in total. The van der Waals surface area contributed by atoms with Gasteiger partial charge in [0.1, 0.15) is 0 Å². The molecule has 0 fully saturated rings. The molecule has 4 heteroatoms. The molecule has 0 saturated heterocycles. The number of carboxylic acids is 1. The molecule has 0 spiro atoms. The number of unbranched alkanes of at least 4 members (excludes halogenated alkanes) is 3. The van der Waals surface area contributed by atoms with Crippen LogP contribution in [0.3, 0.4) is 0 Å². The second-order valence-electron chi connectivity index (χ2n) is 5.23. The summed E-state index contributed by atoms with van der Waals surface area (Å²) in [6.45, 7) is 5.61. The number of anilines is 2. The van der Waals surface area contributed by atoms with Crippen molar-refractivity contribution in [3.05, 3.63) is 23.8 Å². The van der Waals surface area contributed by atoms with Crippen molar-refractivity contribution in [3.63, 3.8) is 0 Å². The molecular formula is C16H26N2O2. The highest BCUT2D eigenvalue weighted by Crippen LogP contribution is 2.21. The standard InChI is InChI=1S/C16H26N2O2/c1-3-4-5-6-10-18(11-9-16(19)20)14-7-8-15(17)13(2)12-14/h7-8,12H,3-6,9-11,17H2,1-2H3,(H,19,20). The van der Waals surface area contributed by atoms with Gasteiger partial charge in [0.2, 0.25) is 0 Å². The Morgan fingerprint density at radius 1 is 1.25 bits per heavy atom. The fourth-order valence-electron chi connectivity index (χ4n) is 2.19. The number of nitrogen functional groups attached to an aromatic ring is 1. The monoisotopic (exact) mass is 278 g/mol. The molecule has 0 saturated carbocycles. The highest BCUT2D eigenvalue weighted by atomic mass is 16.4. The van der Waals surface area contributed by atoms with Gasteiger partial charge in [0.05, 0.1) is 6.42 Å². The highest BCUT2D eigenvalue weighted by molar-refractivity contribution is 5.68. The van der Waals surface area contributed by atoms with Crippen LogP contribution in [0, 0.1) is 6.92 Å². The molecule has 1 aromatic carbocycles. The van der Waals surface area contributed by atoms with E-state index in [0.29, 0.717) is 6.54 Å². The van der Waals surface area contributed by atoms with Crippen molar-refractivity contribution in [3.8, 4) is 0 Å². The van der Waals surface area contributed by atoms with E-state index in [0.717, 1.165) is 29.9 Å². The SMILES string of the molecule is CCCCCCN(CCC(=O)O)c1ccc(N)c(C)c1. The fraction of sp³-hybridized carbons (Fsp3) is 0.562. The Labute approximate surface area is 121 Å². The van der Waals surface area contributed by atoms with Crippen LogP contribution in [0.15, 0.2) is 18.2 Å². The minimum Gasteiger partial charge on any atom is -0.481 e. The largest absolute Gasteiger partial charge is 0.481 e. The number of aliphatic carboxylic acids is 1. The molecule has 0 unspecified atom stereocenters. The predicted octanol–water partition coefficient (Wildman–Crippen LogP) is 3.44. The summed E-state index contributed by atoms with van der Waals surface area (Å²) in [5.74, 6) is -0.754. The number of hydrogen-bond acceptors (Lipinski definition) is 3. The lowest BCUT2D eigenvalue weighted by molar-refractivity contribution is -0.136. The number of hydrogen-bond donors (Lipinski definition) is 2. The van der Waals surface area contributed by atoms with E-state index in [9.17, 15) is 4.79 Å². The lowest BCUT2D eigenvalue weighted by Gasteiger charge is -2.25. The lowest BCUT2D eigenvalue weighted by atomic mass is 10.1. The molecule has 0 aliphatic heterocycles. The second kappa shape index (κ2) is 8.46. The van der Waals surface area contributed by atoms with Crippen molar-refractivity contribution in [2.45, 2.75) is 46.0 Å². The van der Waals surface area contributed by atoms with E-state index >= 15 is 0 Å². The van der Waals surface area contributed by atoms with Gasteiger partial charge < -0.3 is 15.7 Å². The Kier molecular flexibility index (Phi) is 6.91. The van der Waals surface area contributed by atoms with Crippen molar-refractivity contribution in [1.82, 2.24) is 0 Å². The van der Waals surface area contributed by atoms with Crippen molar-refractivity contribution >= 4 is 17.3 Å². The van der Waals surface area contributed by atoms with Crippen molar-refractivity contribution < 1.29 is 9.90 Å². The van der Waals surface area contributed by atoms with Crippen molar-refractivity contribution in [2.75, 3.05) is 23.7 Å². The van der Waals surface area contributed by atoms with E-state index in [-0.39, 0.29) is 6.42 Å². The summed E-state index contributed by atoms with van der Waals surface area (Å²) in [5, 5.41) is 8.87. The van der Waals surface area contributed by atoms with Crippen LogP contribution < -0.4 is 10.6 Å². The van der Waals surface area contributed by atoms with Gasteiger partial charge in [0.25, 0.3) is 0 Å². The van der Waals surface area contributed by atoms with E-state index in [2.05, 4.69) is 11.8 Å². The Morgan fingerprint density at radius 3 is 2.60 bits per heavy atom. The summed E-state index contributed by atoms with van der Waals surface area (Å²) in [6, 6.07) is 5.91. The quantitative estimate of drug-likeness (QED) is 0.536. The van der Waals surface area contributed by atoms with Gasteiger partial charge in [-0.1, -0.05) is 26.2 Å². The smallest absolute Gasteiger partial charge is 0.305 e. The maximum Gasteiger partial charge on any atom is 0.305 e.